The maximum atomic E-state index is 14.0. The minimum Gasteiger partial charge on any atom is -0.508 e. The van der Waals surface area contributed by atoms with Crippen molar-refractivity contribution in [3.8, 4) is 17.2 Å². The van der Waals surface area contributed by atoms with Crippen LogP contribution in [0.5, 0.6) is 17.2 Å². The molecule has 46 heavy (non-hydrogen) atoms. The molecule has 3 aromatic carbocycles. The zero-order valence-electron chi connectivity index (χ0n) is 24.5. The molecule has 3 atom stereocenters. The molecule has 1 fully saturated rings. The minimum atomic E-state index is -0.839. The van der Waals surface area contributed by atoms with Crippen LogP contribution in [0.2, 0.25) is 0 Å². The van der Waals surface area contributed by atoms with Gasteiger partial charge in [-0.2, -0.15) is 0 Å². The average Bonchev–Trinajstić information content (AvgIpc) is 3.55. The number of nitrogens with one attached hydrogen (secondary N) is 2. The van der Waals surface area contributed by atoms with Crippen LogP contribution in [0.1, 0.15) is 33.6 Å². The third-order valence-electron chi connectivity index (χ3n) is 7.52. The smallest absolute Gasteiger partial charge is 0.338 e. The van der Waals surface area contributed by atoms with Crippen molar-refractivity contribution in [1.82, 2.24) is 4.98 Å². The van der Waals surface area contributed by atoms with Gasteiger partial charge < -0.3 is 29.6 Å². The number of phenolic OH excluding ortho intramolecular Hbond substituents is 1. The van der Waals surface area contributed by atoms with E-state index < -0.39 is 40.8 Å². The number of hydrogen-bond acceptors (Lipinski definition) is 11. The van der Waals surface area contributed by atoms with Gasteiger partial charge in [0.25, 0.3) is 5.91 Å². The summed E-state index contributed by atoms with van der Waals surface area (Å²) in [6.07, 6.45) is 0. The number of carbonyl (C=O) groups is 4. The third kappa shape index (κ3) is 5.84. The molecule has 1 aromatic heterocycles. The molecule has 3 amide bonds. The number of nitrogens with zero attached hydrogens (tertiary/aromatic N) is 1. The molecule has 0 aliphatic carbocycles. The molecule has 2 aliphatic rings. The van der Waals surface area contributed by atoms with Crippen molar-refractivity contribution in [3.05, 3.63) is 92.4 Å². The largest absolute Gasteiger partial charge is 0.508 e. The number of aromatic nitrogens is 1. The molecule has 0 radical (unpaired) electrons. The van der Waals surface area contributed by atoms with Gasteiger partial charge in [0.15, 0.2) is 18.1 Å². The summed E-state index contributed by atoms with van der Waals surface area (Å²) in [7, 11) is 1.44. The number of thiazole rings is 1. The van der Waals surface area contributed by atoms with Gasteiger partial charge in [-0.1, -0.05) is 29.2 Å². The molecular weight excluding hydrogens is 634 g/mol. The molecule has 236 valence electrons. The van der Waals surface area contributed by atoms with E-state index in [-0.39, 0.29) is 35.3 Å². The number of anilines is 2. The summed E-state index contributed by atoms with van der Waals surface area (Å²) in [5, 5.41) is 11.8. The minimum absolute atomic E-state index is 0.0714. The summed E-state index contributed by atoms with van der Waals surface area (Å²) >= 11 is 2.13. The quantitative estimate of drug-likeness (QED) is 0.135. The highest BCUT2D eigenvalue weighted by Crippen LogP contribution is 2.53. The summed E-state index contributed by atoms with van der Waals surface area (Å²) in [6.45, 7) is 1.58. The van der Waals surface area contributed by atoms with E-state index in [9.17, 15) is 29.1 Å². The number of aromatic hydroxyl groups is 1. The average molecular weight is 662 g/mol. The van der Waals surface area contributed by atoms with Gasteiger partial charge in [-0.15, -0.1) is 0 Å². The molecular formula is C32H27N3O9S2. The van der Waals surface area contributed by atoms with Gasteiger partial charge in [0.1, 0.15) is 11.0 Å². The number of H-pyrrole nitrogens is 1. The number of hydrogen-bond donors (Lipinski definition) is 3. The topological polar surface area (TPSA) is 164 Å². The first-order valence-electron chi connectivity index (χ1n) is 14.1. The summed E-state index contributed by atoms with van der Waals surface area (Å²) in [6, 6.07) is 17.1. The van der Waals surface area contributed by atoms with Crippen molar-refractivity contribution in [1.29, 1.82) is 0 Å². The fraction of sp³-hybridized carbons (Fsp3) is 0.219. The van der Waals surface area contributed by atoms with Gasteiger partial charge in [0, 0.05) is 16.5 Å². The van der Waals surface area contributed by atoms with Crippen LogP contribution in [0.3, 0.4) is 0 Å². The lowest BCUT2D eigenvalue weighted by atomic mass is 9.83. The SMILES string of the molecule is CCOC(=O)c1ccc(N2C(=O)C3Sc4[nH]c(=O)sc4[C@H](c4ccc(OCC(=O)Nc5ccc(O)cc5)c(OC)c4)C3C2=O)cc1. The number of phenols is 1. The Morgan fingerprint density at radius 1 is 0.978 bits per heavy atom. The first-order chi connectivity index (χ1) is 22.2. The maximum absolute atomic E-state index is 14.0. The first-order valence-corrected chi connectivity index (χ1v) is 15.8. The van der Waals surface area contributed by atoms with Crippen molar-refractivity contribution in [2.24, 2.45) is 5.92 Å². The van der Waals surface area contributed by atoms with Crippen LogP contribution < -0.4 is 24.6 Å². The second kappa shape index (κ2) is 12.7. The van der Waals surface area contributed by atoms with E-state index in [1.807, 2.05) is 0 Å². The molecule has 1 saturated heterocycles. The number of aromatic amines is 1. The molecule has 3 heterocycles. The molecule has 3 N–H and O–H groups in total. The fourth-order valence-electron chi connectivity index (χ4n) is 5.47. The highest BCUT2D eigenvalue weighted by molar-refractivity contribution is 8.00. The number of rotatable bonds is 9. The van der Waals surface area contributed by atoms with Gasteiger partial charge in [0.2, 0.25) is 11.8 Å². The van der Waals surface area contributed by atoms with E-state index in [0.29, 0.717) is 32.4 Å². The Kier molecular flexibility index (Phi) is 8.56. The van der Waals surface area contributed by atoms with Crippen molar-refractivity contribution in [2.45, 2.75) is 23.1 Å². The van der Waals surface area contributed by atoms with E-state index >= 15 is 0 Å². The van der Waals surface area contributed by atoms with Gasteiger partial charge in [0.05, 0.1) is 35.9 Å². The molecule has 0 spiro atoms. The van der Waals surface area contributed by atoms with Gasteiger partial charge >= 0.3 is 10.8 Å². The first kappa shape index (κ1) is 30.9. The molecule has 0 saturated carbocycles. The molecule has 6 rings (SSSR count). The number of methoxy groups -OCH3 is 1. The van der Waals surface area contributed by atoms with Crippen molar-refractivity contribution >= 4 is 58.2 Å². The molecule has 2 aliphatic heterocycles. The number of benzene rings is 3. The Labute approximate surface area is 270 Å². The number of imide groups is 1. The molecule has 12 nitrogen and oxygen atoms in total. The van der Waals surface area contributed by atoms with Gasteiger partial charge in [-0.3, -0.25) is 19.2 Å². The third-order valence-corrected chi connectivity index (χ3v) is 9.92. The zero-order valence-corrected chi connectivity index (χ0v) is 26.1. The van der Waals surface area contributed by atoms with Crippen LogP contribution in [0.4, 0.5) is 11.4 Å². The molecule has 0 bridgehead atoms. The summed E-state index contributed by atoms with van der Waals surface area (Å²) in [5.74, 6) is -2.68. The van der Waals surface area contributed by atoms with Gasteiger partial charge in [-0.05, 0) is 73.2 Å². The number of ether oxygens (including phenoxy) is 3. The lowest BCUT2D eigenvalue weighted by Gasteiger charge is -2.30. The summed E-state index contributed by atoms with van der Waals surface area (Å²) < 4.78 is 16.3. The Bertz CT molecular complexity index is 1890. The highest BCUT2D eigenvalue weighted by atomic mass is 32.2. The van der Waals surface area contributed by atoms with Crippen LogP contribution in [-0.4, -0.2) is 59.4 Å². The van der Waals surface area contributed by atoms with E-state index in [4.69, 9.17) is 14.2 Å². The van der Waals surface area contributed by atoms with Crippen LogP contribution in [0, 0.1) is 5.92 Å². The Hall–Kier alpha value is -5.08. The van der Waals surface area contributed by atoms with E-state index in [1.165, 1.54) is 43.5 Å². The van der Waals surface area contributed by atoms with E-state index in [0.717, 1.165) is 28.0 Å². The highest BCUT2D eigenvalue weighted by Gasteiger charge is 2.56. The molecule has 4 aromatic rings. The number of esters is 1. The van der Waals surface area contributed by atoms with Crippen LogP contribution in [0.25, 0.3) is 0 Å². The second-order valence-electron chi connectivity index (χ2n) is 10.3. The van der Waals surface area contributed by atoms with Crippen molar-refractivity contribution in [2.75, 3.05) is 30.5 Å². The van der Waals surface area contributed by atoms with Gasteiger partial charge in [-0.25, -0.2) is 9.69 Å². The lowest BCUT2D eigenvalue weighted by Crippen LogP contribution is -2.32. The van der Waals surface area contributed by atoms with E-state index in [2.05, 4.69) is 10.3 Å². The summed E-state index contributed by atoms with van der Waals surface area (Å²) in [5.41, 5.74) is 1.71. The summed E-state index contributed by atoms with van der Waals surface area (Å²) in [4.78, 5) is 69.1. The predicted octanol–water partition coefficient (Wildman–Crippen LogP) is 4.14. The Morgan fingerprint density at radius 3 is 2.41 bits per heavy atom. The Balaban J connectivity index is 1.27. The maximum Gasteiger partial charge on any atom is 0.338 e. The number of fused-ring (bicyclic) bond motifs is 2. The normalized spacial score (nSPS) is 18.5. The van der Waals surface area contributed by atoms with E-state index in [1.54, 1.807) is 37.3 Å². The standard InChI is InChI=1S/C32H27N3O9S2/c1-3-43-31(40)16-4-9-19(10-5-16)35-29(38)25-24(26-28(34-32(41)46-26)45-27(25)30(35)39)17-6-13-21(22(14-17)42-2)44-15-23(37)33-18-7-11-20(36)12-8-18/h4-14,24-25,27,36H,3,15H2,1-2H3,(H,33,37)(H,34,41)/t24-,25?,27?/m1/s1. The monoisotopic (exact) mass is 661 g/mol. The lowest BCUT2D eigenvalue weighted by molar-refractivity contribution is -0.122. The predicted molar refractivity (Wildman–Crippen MR) is 170 cm³/mol. The van der Waals surface area contributed by atoms with Crippen LogP contribution in [-0.2, 0) is 19.1 Å². The fourth-order valence-corrected chi connectivity index (χ4v) is 7.99. The van der Waals surface area contributed by atoms with Crippen molar-refractivity contribution in [3.63, 3.8) is 0 Å². The second-order valence-corrected chi connectivity index (χ2v) is 12.5. The number of carbonyl (C=O) groups excluding carboxylic acids is 4. The number of amides is 3. The Morgan fingerprint density at radius 2 is 1.72 bits per heavy atom. The number of thioether (sulfide) groups is 1. The van der Waals surface area contributed by atoms with Crippen LogP contribution >= 0.6 is 23.1 Å². The zero-order chi connectivity index (χ0) is 32.5. The molecule has 2 unspecified atom stereocenters. The molecule has 14 heteroatoms. The van der Waals surface area contributed by atoms with Crippen LogP contribution in [0.15, 0.2) is 76.6 Å². The van der Waals surface area contributed by atoms with Crippen molar-refractivity contribution < 1.29 is 38.5 Å².